The second-order valence-corrected chi connectivity index (χ2v) is 6.49. The minimum absolute atomic E-state index is 0.0145. The Morgan fingerprint density at radius 1 is 1.43 bits per heavy atom. The fraction of sp³-hybridized carbons (Fsp3) is 0.357. The molecule has 1 aliphatic carbocycles. The second kappa shape index (κ2) is 5.69. The lowest BCUT2D eigenvalue weighted by molar-refractivity contribution is -0.133. The molecule has 0 amide bonds. The van der Waals surface area contributed by atoms with Crippen molar-refractivity contribution in [2.45, 2.75) is 31.0 Å². The molecule has 1 aliphatic rings. The van der Waals surface area contributed by atoms with E-state index in [1.165, 1.54) is 11.8 Å². The first-order valence-electron chi connectivity index (χ1n) is 6.61. The lowest BCUT2D eigenvalue weighted by Crippen LogP contribution is -2.03. The summed E-state index contributed by atoms with van der Waals surface area (Å²) in [5.74, 6) is -0.110. The van der Waals surface area contributed by atoms with Crippen molar-refractivity contribution in [2.75, 3.05) is 5.75 Å². The number of thioether (sulfide) groups is 1. The smallest absolute Gasteiger partial charge is 0.313 e. The first-order valence-corrected chi connectivity index (χ1v) is 7.98. The van der Waals surface area contributed by atoms with Gasteiger partial charge in [0.15, 0.2) is 11.0 Å². The van der Waals surface area contributed by atoms with Gasteiger partial charge in [-0.15, -0.1) is 10.2 Å². The largest absolute Gasteiger partial charge is 0.481 e. The Labute approximate surface area is 131 Å². The van der Waals surface area contributed by atoms with Gasteiger partial charge in [-0.25, -0.2) is 0 Å². The van der Waals surface area contributed by atoms with Crippen LogP contribution in [0.4, 0.5) is 0 Å². The molecule has 1 aromatic heterocycles. The second-order valence-electron chi connectivity index (χ2n) is 5.11. The van der Waals surface area contributed by atoms with E-state index >= 15 is 0 Å². The van der Waals surface area contributed by atoms with E-state index in [2.05, 4.69) is 10.2 Å². The van der Waals surface area contributed by atoms with Crippen LogP contribution in [0.5, 0.6) is 0 Å². The Hall–Kier alpha value is -1.53. The Bertz CT molecular complexity index is 677. The molecule has 0 spiro atoms. The quantitative estimate of drug-likeness (QED) is 0.854. The average molecular weight is 324 g/mol. The van der Waals surface area contributed by atoms with Crippen molar-refractivity contribution in [1.29, 1.82) is 0 Å². The third-order valence-corrected chi connectivity index (χ3v) is 4.35. The van der Waals surface area contributed by atoms with Crippen molar-refractivity contribution in [2.24, 2.45) is 0 Å². The van der Waals surface area contributed by atoms with Crippen LogP contribution < -0.4 is 0 Å². The lowest BCUT2D eigenvalue weighted by atomic mass is 10.1. The van der Waals surface area contributed by atoms with Crippen LogP contribution in [0.1, 0.15) is 24.4 Å². The molecule has 0 unspecified atom stereocenters. The molecule has 7 heteroatoms. The number of carboxylic acids is 1. The summed E-state index contributed by atoms with van der Waals surface area (Å²) in [4.78, 5) is 10.7. The van der Waals surface area contributed by atoms with Gasteiger partial charge in [0.1, 0.15) is 0 Å². The molecule has 0 atom stereocenters. The SMILES string of the molecule is Cc1cc(Cl)cc(-c2nnc(SCC(=O)O)n2C2CC2)c1. The van der Waals surface area contributed by atoms with E-state index in [-0.39, 0.29) is 5.75 Å². The standard InChI is InChI=1S/C14H14ClN3O2S/c1-8-4-9(6-10(15)5-8)13-16-17-14(21-7-12(19)20)18(13)11-2-3-11/h4-6,11H,2-3,7H2,1H3,(H,19,20). The normalized spacial score (nSPS) is 14.4. The number of hydrogen-bond acceptors (Lipinski definition) is 4. The minimum Gasteiger partial charge on any atom is -0.481 e. The molecular weight excluding hydrogens is 310 g/mol. The molecule has 5 nitrogen and oxygen atoms in total. The maximum Gasteiger partial charge on any atom is 0.313 e. The molecule has 1 saturated carbocycles. The van der Waals surface area contributed by atoms with Gasteiger partial charge in [0.25, 0.3) is 0 Å². The Morgan fingerprint density at radius 3 is 2.81 bits per heavy atom. The molecular formula is C14H14ClN3O2S. The fourth-order valence-corrected chi connectivity index (χ4v) is 3.24. The van der Waals surface area contributed by atoms with Crippen molar-refractivity contribution in [3.63, 3.8) is 0 Å². The highest BCUT2D eigenvalue weighted by molar-refractivity contribution is 7.99. The van der Waals surface area contributed by atoms with E-state index in [0.717, 1.165) is 29.8 Å². The molecule has 21 heavy (non-hydrogen) atoms. The molecule has 110 valence electrons. The first kappa shape index (κ1) is 14.4. The van der Waals surface area contributed by atoms with E-state index in [1.54, 1.807) is 0 Å². The highest BCUT2D eigenvalue weighted by Crippen LogP contribution is 2.41. The summed E-state index contributed by atoms with van der Waals surface area (Å²) >= 11 is 7.32. The fourth-order valence-electron chi connectivity index (χ4n) is 2.23. The maximum absolute atomic E-state index is 10.7. The summed E-state index contributed by atoms with van der Waals surface area (Å²) in [5.41, 5.74) is 1.98. The van der Waals surface area contributed by atoms with E-state index in [4.69, 9.17) is 16.7 Å². The molecule has 0 aliphatic heterocycles. The zero-order valence-electron chi connectivity index (χ0n) is 11.4. The van der Waals surface area contributed by atoms with Crippen molar-refractivity contribution in [3.8, 4) is 11.4 Å². The Kier molecular flexibility index (Phi) is 3.91. The summed E-state index contributed by atoms with van der Waals surface area (Å²) in [6.45, 7) is 1.98. The van der Waals surface area contributed by atoms with Gasteiger partial charge >= 0.3 is 5.97 Å². The predicted molar refractivity (Wildman–Crippen MR) is 81.8 cm³/mol. The number of carbonyl (C=O) groups is 1. The highest BCUT2D eigenvalue weighted by atomic mass is 35.5. The van der Waals surface area contributed by atoms with Gasteiger partial charge in [0.05, 0.1) is 5.75 Å². The third-order valence-electron chi connectivity index (χ3n) is 3.20. The molecule has 1 fully saturated rings. The zero-order valence-corrected chi connectivity index (χ0v) is 13.0. The van der Waals surface area contributed by atoms with Crippen LogP contribution in [0.2, 0.25) is 5.02 Å². The topological polar surface area (TPSA) is 68.0 Å². The van der Waals surface area contributed by atoms with Crippen LogP contribution in [-0.4, -0.2) is 31.6 Å². The zero-order chi connectivity index (χ0) is 15.0. The molecule has 1 heterocycles. The van der Waals surface area contributed by atoms with Crippen LogP contribution in [0, 0.1) is 6.92 Å². The number of rotatable bonds is 5. The van der Waals surface area contributed by atoms with Gasteiger partial charge in [-0.2, -0.15) is 0 Å². The van der Waals surface area contributed by atoms with Crippen LogP contribution >= 0.6 is 23.4 Å². The van der Waals surface area contributed by atoms with Gasteiger partial charge in [0.2, 0.25) is 0 Å². The Morgan fingerprint density at radius 2 is 2.19 bits per heavy atom. The van der Waals surface area contributed by atoms with Crippen LogP contribution in [0.25, 0.3) is 11.4 Å². The number of benzene rings is 1. The van der Waals surface area contributed by atoms with Gasteiger partial charge < -0.3 is 5.11 Å². The number of aryl methyl sites for hydroxylation is 1. The molecule has 0 radical (unpaired) electrons. The summed E-state index contributed by atoms with van der Waals surface area (Å²) in [7, 11) is 0. The summed E-state index contributed by atoms with van der Waals surface area (Å²) in [5, 5.41) is 18.5. The molecule has 1 N–H and O–H groups in total. The minimum atomic E-state index is -0.856. The number of nitrogens with zero attached hydrogens (tertiary/aromatic N) is 3. The van der Waals surface area contributed by atoms with E-state index < -0.39 is 5.97 Å². The highest BCUT2D eigenvalue weighted by Gasteiger charge is 2.30. The molecule has 3 rings (SSSR count). The predicted octanol–water partition coefficient (Wildman–Crippen LogP) is 3.42. The van der Waals surface area contributed by atoms with Gasteiger partial charge in [-0.05, 0) is 43.5 Å². The van der Waals surface area contributed by atoms with E-state index in [0.29, 0.717) is 16.2 Å². The summed E-state index contributed by atoms with van der Waals surface area (Å²) < 4.78 is 2.04. The Balaban J connectivity index is 2.00. The van der Waals surface area contributed by atoms with Crippen molar-refractivity contribution < 1.29 is 9.90 Å². The van der Waals surface area contributed by atoms with Crippen molar-refractivity contribution >= 4 is 29.3 Å². The molecule has 1 aromatic carbocycles. The van der Waals surface area contributed by atoms with E-state index in [9.17, 15) is 4.79 Å². The van der Waals surface area contributed by atoms with Crippen LogP contribution in [0.3, 0.4) is 0 Å². The van der Waals surface area contributed by atoms with Crippen molar-refractivity contribution in [3.05, 3.63) is 28.8 Å². The van der Waals surface area contributed by atoms with Crippen molar-refractivity contribution in [1.82, 2.24) is 14.8 Å². The van der Waals surface area contributed by atoms with E-state index in [1.807, 2.05) is 29.7 Å². The van der Waals surface area contributed by atoms with Gasteiger partial charge in [-0.1, -0.05) is 23.4 Å². The summed E-state index contributed by atoms with van der Waals surface area (Å²) in [6.07, 6.45) is 2.15. The summed E-state index contributed by atoms with van der Waals surface area (Å²) in [6, 6.07) is 6.14. The molecule has 2 aromatic rings. The first-order chi connectivity index (χ1) is 10.0. The number of aromatic nitrogens is 3. The van der Waals surface area contributed by atoms with Crippen LogP contribution in [-0.2, 0) is 4.79 Å². The van der Waals surface area contributed by atoms with Gasteiger partial charge in [0, 0.05) is 16.6 Å². The molecule has 0 bridgehead atoms. The van der Waals surface area contributed by atoms with Crippen LogP contribution in [0.15, 0.2) is 23.4 Å². The lowest BCUT2D eigenvalue weighted by Gasteiger charge is -2.09. The number of hydrogen-bond donors (Lipinski definition) is 1. The molecule has 0 saturated heterocycles. The average Bonchev–Trinajstić information content (AvgIpc) is 3.15. The number of aliphatic carboxylic acids is 1. The number of carboxylic acid groups (broad SMARTS) is 1. The maximum atomic E-state index is 10.7. The van der Waals surface area contributed by atoms with Gasteiger partial charge in [-0.3, -0.25) is 9.36 Å². The monoisotopic (exact) mass is 323 g/mol. The number of halogens is 1. The third kappa shape index (κ3) is 3.22.